The summed E-state index contributed by atoms with van der Waals surface area (Å²) in [5.74, 6) is 0.597. The highest BCUT2D eigenvalue weighted by Crippen LogP contribution is 2.21. The van der Waals surface area contributed by atoms with E-state index in [-0.39, 0.29) is 5.78 Å². The molecule has 0 spiro atoms. The van der Waals surface area contributed by atoms with E-state index < -0.39 is 0 Å². The first kappa shape index (κ1) is 12.1. The van der Waals surface area contributed by atoms with E-state index in [2.05, 4.69) is 4.98 Å². The third-order valence-electron chi connectivity index (χ3n) is 2.67. The molecular weight excluding hydrogens is 228 g/mol. The number of aromatic nitrogens is 1. The van der Waals surface area contributed by atoms with Gasteiger partial charge >= 0.3 is 0 Å². The van der Waals surface area contributed by atoms with Crippen molar-refractivity contribution in [2.45, 2.75) is 6.42 Å². The van der Waals surface area contributed by atoms with Crippen LogP contribution in [0.25, 0.3) is 0 Å². The summed E-state index contributed by atoms with van der Waals surface area (Å²) >= 11 is 0. The molecule has 2 aromatic rings. The number of nitrogens with zero attached hydrogens (tertiary/aromatic N) is 1. The fourth-order valence-corrected chi connectivity index (χ4v) is 1.69. The molecule has 0 aliphatic carbocycles. The molecule has 2 N–H and O–H groups in total. The summed E-state index contributed by atoms with van der Waals surface area (Å²) in [6, 6.07) is 8.71. The SMILES string of the molecule is COc1ccc(N)c(C(=O)Cc2ccncc2)c1. The number of benzene rings is 1. The third kappa shape index (κ3) is 2.66. The van der Waals surface area contributed by atoms with E-state index in [1.807, 2.05) is 12.1 Å². The highest BCUT2D eigenvalue weighted by atomic mass is 16.5. The van der Waals surface area contributed by atoms with Gasteiger partial charge in [-0.05, 0) is 35.9 Å². The number of ether oxygens (including phenoxy) is 1. The van der Waals surface area contributed by atoms with Crippen LogP contribution in [0.15, 0.2) is 42.7 Å². The Bertz CT molecular complexity index is 553. The third-order valence-corrected chi connectivity index (χ3v) is 2.67. The highest BCUT2D eigenvalue weighted by Gasteiger charge is 2.11. The van der Waals surface area contributed by atoms with Crippen molar-refractivity contribution >= 4 is 11.5 Å². The fourth-order valence-electron chi connectivity index (χ4n) is 1.69. The summed E-state index contributed by atoms with van der Waals surface area (Å²) in [7, 11) is 1.56. The average molecular weight is 242 g/mol. The molecule has 0 amide bonds. The summed E-state index contributed by atoms with van der Waals surface area (Å²) in [4.78, 5) is 16.1. The van der Waals surface area contributed by atoms with Gasteiger partial charge in [0.2, 0.25) is 0 Å². The Morgan fingerprint density at radius 2 is 2.00 bits per heavy atom. The minimum Gasteiger partial charge on any atom is -0.497 e. The van der Waals surface area contributed by atoms with Crippen molar-refractivity contribution < 1.29 is 9.53 Å². The van der Waals surface area contributed by atoms with Crippen LogP contribution in [-0.4, -0.2) is 17.9 Å². The second-order valence-electron chi connectivity index (χ2n) is 3.91. The Morgan fingerprint density at radius 3 is 2.67 bits per heavy atom. The van der Waals surface area contributed by atoms with Crippen molar-refractivity contribution in [3.63, 3.8) is 0 Å². The monoisotopic (exact) mass is 242 g/mol. The number of carbonyl (C=O) groups excluding carboxylic acids is 1. The van der Waals surface area contributed by atoms with Crippen LogP contribution in [0.3, 0.4) is 0 Å². The first-order valence-electron chi connectivity index (χ1n) is 5.56. The normalized spacial score (nSPS) is 10.1. The Kier molecular flexibility index (Phi) is 3.57. The van der Waals surface area contributed by atoms with Crippen molar-refractivity contribution in [3.05, 3.63) is 53.9 Å². The summed E-state index contributed by atoms with van der Waals surface area (Å²) in [5.41, 5.74) is 7.68. The summed E-state index contributed by atoms with van der Waals surface area (Å²) in [6.07, 6.45) is 3.63. The molecule has 2 rings (SSSR count). The van der Waals surface area contributed by atoms with Crippen LogP contribution in [0.5, 0.6) is 5.75 Å². The minimum absolute atomic E-state index is 0.0300. The maximum atomic E-state index is 12.1. The maximum Gasteiger partial charge on any atom is 0.169 e. The number of nitrogens with two attached hydrogens (primary N) is 1. The number of pyridine rings is 1. The maximum absolute atomic E-state index is 12.1. The van der Waals surface area contributed by atoms with Gasteiger partial charge in [0.05, 0.1) is 7.11 Å². The molecule has 1 heterocycles. The van der Waals surface area contributed by atoms with Crippen LogP contribution in [0, 0.1) is 0 Å². The molecule has 0 saturated carbocycles. The summed E-state index contributed by atoms with van der Waals surface area (Å²) in [6.45, 7) is 0. The molecule has 92 valence electrons. The van der Waals surface area contributed by atoms with E-state index in [0.29, 0.717) is 23.4 Å². The lowest BCUT2D eigenvalue weighted by molar-refractivity contribution is 0.0993. The first-order chi connectivity index (χ1) is 8.70. The van der Waals surface area contributed by atoms with Gasteiger partial charge in [0.15, 0.2) is 5.78 Å². The van der Waals surface area contributed by atoms with E-state index in [4.69, 9.17) is 10.5 Å². The standard InChI is InChI=1S/C14H14N2O2/c1-18-11-2-3-13(15)12(9-11)14(17)8-10-4-6-16-7-5-10/h2-7,9H,8,15H2,1H3. The van der Waals surface area contributed by atoms with Gasteiger partial charge in [0, 0.05) is 30.1 Å². The largest absolute Gasteiger partial charge is 0.497 e. The number of nitrogen functional groups attached to an aromatic ring is 1. The predicted molar refractivity (Wildman–Crippen MR) is 69.7 cm³/mol. The zero-order valence-electron chi connectivity index (χ0n) is 10.1. The van der Waals surface area contributed by atoms with Gasteiger partial charge in [-0.3, -0.25) is 9.78 Å². The molecule has 18 heavy (non-hydrogen) atoms. The molecule has 0 fully saturated rings. The van der Waals surface area contributed by atoms with E-state index in [1.165, 1.54) is 0 Å². The molecule has 1 aromatic heterocycles. The van der Waals surface area contributed by atoms with Gasteiger partial charge in [-0.25, -0.2) is 0 Å². The Labute approximate surface area is 105 Å². The van der Waals surface area contributed by atoms with Crippen molar-refractivity contribution in [1.82, 2.24) is 4.98 Å². The lowest BCUT2D eigenvalue weighted by Crippen LogP contribution is -2.07. The fraction of sp³-hybridized carbons (Fsp3) is 0.143. The van der Waals surface area contributed by atoms with Gasteiger partial charge in [0.1, 0.15) is 5.75 Å². The average Bonchev–Trinajstić information content (AvgIpc) is 2.40. The Morgan fingerprint density at radius 1 is 1.28 bits per heavy atom. The van der Waals surface area contributed by atoms with Crippen LogP contribution in [0.4, 0.5) is 5.69 Å². The second kappa shape index (κ2) is 5.31. The number of hydrogen-bond acceptors (Lipinski definition) is 4. The van der Waals surface area contributed by atoms with Gasteiger partial charge in [-0.1, -0.05) is 0 Å². The number of methoxy groups -OCH3 is 1. The molecular formula is C14H14N2O2. The van der Waals surface area contributed by atoms with Crippen molar-refractivity contribution in [3.8, 4) is 5.75 Å². The summed E-state index contributed by atoms with van der Waals surface area (Å²) < 4.78 is 5.09. The zero-order valence-corrected chi connectivity index (χ0v) is 10.1. The molecule has 0 saturated heterocycles. The molecule has 0 aliphatic rings. The van der Waals surface area contributed by atoms with E-state index in [0.717, 1.165) is 5.56 Å². The number of ketones is 1. The second-order valence-corrected chi connectivity index (χ2v) is 3.91. The van der Waals surface area contributed by atoms with Gasteiger partial charge in [0.25, 0.3) is 0 Å². The molecule has 4 nitrogen and oxygen atoms in total. The number of rotatable bonds is 4. The highest BCUT2D eigenvalue weighted by molar-refractivity contribution is 6.02. The predicted octanol–water partition coefficient (Wildman–Crippen LogP) is 2.10. The van der Waals surface area contributed by atoms with Crippen LogP contribution < -0.4 is 10.5 Å². The molecule has 4 heteroatoms. The zero-order chi connectivity index (χ0) is 13.0. The number of carbonyl (C=O) groups is 1. The van der Waals surface area contributed by atoms with Crippen LogP contribution in [0.2, 0.25) is 0 Å². The minimum atomic E-state index is -0.0300. The molecule has 0 atom stereocenters. The lowest BCUT2D eigenvalue weighted by atomic mass is 10.0. The molecule has 1 aromatic carbocycles. The summed E-state index contributed by atoms with van der Waals surface area (Å²) in [5, 5.41) is 0. The van der Waals surface area contributed by atoms with E-state index in [1.54, 1.807) is 37.7 Å². The van der Waals surface area contributed by atoms with Gasteiger partial charge in [-0.15, -0.1) is 0 Å². The Hall–Kier alpha value is -2.36. The smallest absolute Gasteiger partial charge is 0.169 e. The van der Waals surface area contributed by atoms with E-state index in [9.17, 15) is 4.79 Å². The Balaban J connectivity index is 2.23. The van der Waals surface area contributed by atoms with Crippen molar-refractivity contribution in [2.75, 3.05) is 12.8 Å². The first-order valence-corrected chi connectivity index (χ1v) is 5.56. The number of anilines is 1. The van der Waals surface area contributed by atoms with Gasteiger partial charge in [-0.2, -0.15) is 0 Å². The topological polar surface area (TPSA) is 65.2 Å². The molecule has 0 bridgehead atoms. The quantitative estimate of drug-likeness (QED) is 0.658. The van der Waals surface area contributed by atoms with Crippen LogP contribution >= 0.6 is 0 Å². The van der Waals surface area contributed by atoms with Crippen molar-refractivity contribution in [2.24, 2.45) is 0 Å². The van der Waals surface area contributed by atoms with E-state index >= 15 is 0 Å². The molecule has 0 radical (unpaired) electrons. The molecule has 0 aliphatic heterocycles. The molecule has 0 unspecified atom stereocenters. The number of Topliss-reactive ketones (excluding diaryl/α,β-unsaturated/α-hetero) is 1. The van der Waals surface area contributed by atoms with Crippen LogP contribution in [0.1, 0.15) is 15.9 Å². The lowest BCUT2D eigenvalue weighted by Gasteiger charge is -2.07. The van der Waals surface area contributed by atoms with Crippen molar-refractivity contribution in [1.29, 1.82) is 0 Å². The van der Waals surface area contributed by atoms with Gasteiger partial charge < -0.3 is 10.5 Å². The van der Waals surface area contributed by atoms with Crippen LogP contribution in [-0.2, 0) is 6.42 Å². The number of hydrogen-bond donors (Lipinski definition) is 1.